The van der Waals surface area contributed by atoms with E-state index in [4.69, 9.17) is 27.6 Å². The largest absolute Gasteiger partial charge is 0.452 e. The molecule has 1 aliphatic heterocycles. The van der Waals surface area contributed by atoms with E-state index in [2.05, 4.69) is 0 Å². The lowest BCUT2D eigenvalue weighted by Gasteiger charge is -2.25. The highest BCUT2D eigenvalue weighted by Gasteiger charge is 2.32. The van der Waals surface area contributed by atoms with E-state index in [-0.39, 0.29) is 17.2 Å². The zero-order chi connectivity index (χ0) is 14.1. The van der Waals surface area contributed by atoms with Gasteiger partial charge in [-0.25, -0.2) is 0 Å². The van der Waals surface area contributed by atoms with Gasteiger partial charge in [-0.2, -0.15) is 0 Å². The number of hydrogen-bond acceptors (Lipinski definition) is 2. The first-order chi connectivity index (χ1) is 9.66. The predicted molar refractivity (Wildman–Crippen MR) is 78.2 cm³/mol. The zero-order valence-electron chi connectivity index (χ0n) is 10.7. The Morgan fingerprint density at radius 1 is 1.30 bits per heavy atom. The quantitative estimate of drug-likeness (QED) is 0.814. The first-order valence-corrected chi connectivity index (χ1v) is 7.22. The Balaban J connectivity index is 1.90. The number of amides is 1. The monoisotopic (exact) mass is 309 g/mol. The summed E-state index contributed by atoms with van der Waals surface area (Å²) in [6, 6.07) is 9.31. The number of benzene rings is 1. The number of nitrogens with zero attached hydrogens (tertiary/aromatic N) is 1. The van der Waals surface area contributed by atoms with E-state index >= 15 is 0 Å². The molecule has 0 aliphatic carbocycles. The Labute approximate surface area is 127 Å². The van der Waals surface area contributed by atoms with Crippen LogP contribution in [0.1, 0.15) is 34.8 Å². The molecule has 3 nitrogen and oxygen atoms in total. The number of likely N-dealkylation sites (tertiary alicyclic amines) is 1. The van der Waals surface area contributed by atoms with Gasteiger partial charge < -0.3 is 9.32 Å². The fraction of sp³-hybridized carbons (Fsp3) is 0.267. The molecule has 0 N–H and O–H groups in total. The maximum Gasteiger partial charge on any atom is 0.259 e. The molecule has 0 spiro atoms. The number of halogens is 2. The Morgan fingerprint density at radius 2 is 2.15 bits per heavy atom. The van der Waals surface area contributed by atoms with E-state index in [1.165, 1.54) is 6.26 Å². The van der Waals surface area contributed by atoms with Gasteiger partial charge in [0.15, 0.2) is 0 Å². The minimum absolute atomic E-state index is 0.0483. The number of furan rings is 1. The smallest absolute Gasteiger partial charge is 0.259 e. The van der Waals surface area contributed by atoms with Crippen LogP contribution < -0.4 is 0 Å². The standard InChI is InChI=1S/C15H13Cl2NO2/c16-11-4-1-3-10(9-11)13-5-2-7-18(13)15(19)12-6-8-20-14(12)17/h1,3-4,6,8-9,13H,2,5,7H2. The molecule has 1 unspecified atom stereocenters. The van der Waals surface area contributed by atoms with Gasteiger partial charge in [0.05, 0.1) is 17.9 Å². The maximum absolute atomic E-state index is 12.5. The van der Waals surface area contributed by atoms with Crippen LogP contribution in [0.5, 0.6) is 0 Å². The Kier molecular flexibility index (Phi) is 3.72. The molecular weight excluding hydrogens is 297 g/mol. The highest BCUT2D eigenvalue weighted by Crippen LogP contribution is 2.35. The molecule has 104 valence electrons. The van der Waals surface area contributed by atoms with Crippen molar-refractivity contribution >= 4 is 29.1 Å². The van der Waals surface area contributed by atoms with Gasteiger partial charge in [0.25, 0.3) is 5.91 Å². The highest BCUT2D eigenvalue weighted by molar-refractivity contribution is 6.32. The lowest BCUT2D eigenvalue weighted by molar-refractivity contribution is 0.0735. The molecule has 1 fully saturated rings. The fourth-order valence-electron chi connectivity index (χ4n) is 2.67. The molecule has 1 aromatic carbocycles. The molecule has 2 heterocycles. The van der Waals surface area contributed by atoms with Gasteiger partial charge in [0.2, 0.25) is 5.22 Å². The van der Waals surface area contributed by atoms with Crippen molar-refractivity contribution in [3.8, 4) is 0 Å². The van der Waals surface area contributed by atoms with Crippen molar-refractivity contribution in [1.29, 1.82) is 0 Å². The molecule has 1 amide bonds. The predicted octanol–water partition coefficient (Wildman–Crippen LogP) is 4.56. The minimum atomic E-state index is -0.0915. The lowest BCUT2D eigenvalue weighted by atomic mass is 10.0. The van der Waals surface area contributed by atoms with E-state index in [0.29, 0.717) is 10.6 Å². The van der Waals surface area contributed by atoms with Crippen molar-refractivity contribution < 1.29 is 9.21 Å². The van der Waals surface area contributed by atoms with Crippen LogP contribution in [-0.4, -0.2) is 17.4 Å². The van der Waals surface area contributed by atoms with Crippen molar-refractivity contribution in [2.24, 2.45) is 0 Å². The Morgan fingerprint density at radius 3 is 2.85 bits per heavy atom. The molecule has 1 atom stereocenters. The number of rotatable bonds is 2. The van der Waals surface area contributed by atoms with Crippen molar-refractivity contribution in [2.75, 3.05) is 6.54 Å². The minimum Gasteiger partial charge on any atom is -0.452 e. The van der Waals surface area contributed by atoms with Crippen molar-refractivity contribution in [2.45, 2.75) is 18.9 Å². The Hall–Kier alpha value is -1.45. The summed E-state index contributed by atoms with van der Waals surface area (Å²) in [5.41, 5.74) is 1.48. The third-order valence-corrected chi connectivity index (χ3v) is 4.12. The van der Waals surface area contributed by atoms with Crippen LogP contribution >= 0.6 is 23.2 Å². The lowest BCUT2D eigenvalue weighted by Crippen LogP contribution is -2.30. The maximum atomic E-state index is 12.5. The van der Waals surface area contributed by atoms with E-state index in [1.807, 2.05) is 29.2 Å². The molecule has 0 bridgehead atoms. The molecular formula is C15H13Cl2NO2. The van der Waals surface area contributed by atoms with Crippen LogP contribution in [0.25, 0.3) is 0 Å². The van der Waals surface area contributed by atoms with E-state index in [9.17, 15) is 4.79 Å². The first-order valence-electron chi connectivity index (χ1n) is 6.46. The third kappa shape index (κ3) is 2.43. The van der Waals surface area contributed by atoms with Gasteiger partial charge >= 0.3 is 0 Å². The molecule has 3 rings (SSSR count). The molecule has 0 radical (unpaired) electrons. The van der Waals surface area contributed by atoms with Gasteiger partial charge in [0, 0.05) is 11.6 Å². The van der Waals surface area contributed by atoms with Crippen LogP contribution in [-0.2, 0) is 0 Å². The number of carbonyl (C=O) groups excluding carboxylic acids is 1. The normalized spacial score (nSPS) is 18.5. The van der Waals surface area contributed by atoms with E-state index in [1.54, 1.807) is 6.07 Å². The summed E-state index contributed by atoms with van der Waals surface area (Å²) >= 11 is 11.9. The summed E-state index contributed by atoms with van der Waals surface area (Å²) in [6.07, 6.45) is 3.33. The summed E-state index contributed by atoms with van der Waals surface area (Å²) in [4.78, 5) is 14.4. The van der Waals surface area contributed by atoms with Crippen LogP contribution in [0.15, 0.2) is 41.0 Å². The highest BCUT2D eigenvalue weighted by atomic mass is 35.5. The average Bonchev–Trinajstić information content (AvgIpc) is 3.06. The van der Waals surface area contributed by atoms with Crippen LogP contribution in [0, 0.1) is 0 Å². The molecule has 1 saturated heterocycles. The van der Waals surface area contributed by atoms with Crippen molar-refractivity contribution in [3.63, 3.8) is 0 Å². The second-order valence-corrected chi connectivity index (χ2v) is 5.60. The van der Waals surface area contributed by atoms with Gasteiger partial charge in [-0.3, -0.25) is 4.79 Å². The second-order valence-electron chi connectivity index (χ2n) is 4.82. The molecule has 1 aliphatic rings. The Bertz CT molecular complexity index is 638. The molecule has 5 heteroatoms. The third-order valence-electron chi connectivity index (χ3n) is 3.60. The van der Waals surface area contributed by atoms with Gasteiger partial charge in [0.1, 0.15) is 0 Å². The molecule has 2 aromatic rings. The van der Waals surface area contributed by atoms with Gasteiger partial charge in [-0.1, -0.05) is 23.7 Å². The summed E-state index contributed by atoms with van der Waals surface area (Å²) in [7, 11) is 0. The zero-order valence-corrected chi connectivity index (χ0v) is 12.2. The summed E-state index contributed by atoms with van der Waals surface area (Å²) in [5.74, 6) is -0.0915. The first kappa shape index (κ1) is 13.5. The SMILES string of the molecule is O=C(c1ccoc1Cl)N1CCCC1c1cccc(Cl)c1. The van der Waals surface area contributed by atoms with Crippen LogP contribution in [0.4, 0.5) is 0 Å². The van der Waals surface area contributed by atoms with Crippen molar-refractivity contribution in [1.82, 2.24) is 4.90 Å². The van der Waals surface area contributed by atoms with Crippen LogP contribution in [0.3, 0.4) is 0 Å². The van der Waals surface area contributed by atoms with E-state index in [0.717, 1.165) is 24.9 Å². The number of hydrogen-bond donors (Lipinski definition) is 0. The average molecular weight is 310 g/mol. The molecule has 20 heavy (non-hydrogen) atoms. The summed E-state index contributed by atoms with van der Waals surface area (Å²) < 4.78 is 5.00. The molecule has 0 saturated carbocycles. The summed E-state index contributed by atoms with van der Waals surface area (Å²) in [6.45, 7) is 0.720. The topological polar surface area (TPSA) is 33.5 Å². The number of carbonyl (C=O) groups is 1. The summed E-state index contributed by atoms with van der Waals surface area (Å²) in [5, 5.41) is 0.829. The van der Waals surface area contributed by atoms with E-state index < -0.39 is 0 Å². The van der Waals surface area contributed by atoms with Gasteiger partial charge in [-0.05, 0) is 48.2 Å². The molecule has 1 aromatic heterocycles. The fourth-order valence-corrected chi connectivity index (χ4v) is 3.07. The van der Waals surface area contributed by atoms with Crippen molar-refractivity contribution in [3.05, 3.63) is 58.0 Å². The van der Waals surface area contributed by atoms with Gasteiger partial charge in [-0.15, -0.1) is 0 Å². The van der Waals surface area contributed by atoms with Crippen LogP contribution in [0.2, 0.25) is 10.2 Å². The second kappa shape index (κ2) is 5.51.